The lowest BCUT2D eigenvalue weighted by molar-refractivity contribution is -0.151. The number of aryl methyl sites for hydroxylation is 2. The van der Waals surface area contributed by atoms with Crippen LogP contribution in [-0.2, 0) is 14.3 Å². The van der Waals surface area contributed by atoms with Gasteiger partial charge in [0.1, 0.15) is 5.76 Å². The zero-order valence-corrected chi connectivity index (χ0v) is 11.7. The topological polar surface area (TPSA) is 63.6 Å². The fourth-order valence-corrected chi connectivity index (χ4v) is 1.73. The van der Waals surface area contributed by atoms with Gasteiger partial charge in [-0.25, -0.2) is 4.79 Å². The maximum Gasteiger partial charge on any atom is 0.379 e. The Kier molecular flexibility index (Phi) is 5.12. The van der Waals surface area contributed by atoms with E-state index in [4.69, 9.17) is 11.6 Å². The average Bonchev–Trinajstić information content (AvgIpc) is 2.33. The van der Waals surface area contributed by atoms with E-state index in [2.05, 4.69) is 4.74 Å². The van der Waals surface area contributed by atoms with Gasteiger partial charge in [-0.1, -0.05) is 17.7 Å². The van der Waals surface area contributed by atoms with Gasteiger partial charge in [0.15, 0.2) is 0 Å². The first kappa shape index (κ1) is 15.2. The molecule has 0 atom stereocenters. The Morgan fingerprint density at radius 3 is 2.53 bits per heavy atom. The quantitative estimate of drug-likeness (QED) is 0.399. The van der Waals surface area contributed by atoms with E-state index in [-0.39, 0.29) is 12.4 Å². The Bertz CT molecular complexity index is 547. The molecule has 0 unspecified atom stereocenters. The van der Waals surface area contributed by atoms with E-state index in [1.807, 2.05) is 6.92 Å². The molecule has 0 bridgehead atoms. The second kappa shape index (κ2) is 6.38. The third-order valence-electron chi connectivity index (χ3n) is 2.53. The van der Waals surface area contributed by atoms with Crippen LogP contribution in [0.4, 0.5) is 0 Å². The molecule has 0 aliphatic rings. The molecule has 102 valence electrons. The van der Waals surface area contributed by atoms with Gasteiger partial charge in [0.25, 0.3) is 5.78 Å². The maximum absolute atomic E-state index is 11.4. The van der Waals surface area contributed by atoms with E-state index >= 15 is 0 Å². The first-order chi connectivity index (χ1) is 8.86. The number of carbonyl (C=O) groups is 2. The third-order valence-corrected chi connectivity index (χ3v) is 2.93. The molecule has 0 heterocycles. The number of hydrogen-bond acceptors (Lipinski definition) is 4. The Morgan fingerprint density at radius 1 is 1.32 bits per heavy atom. The summed E-state index contributed by atoms with van der Waals surface area (Å²) in [6.45, 7) is 5.31. The van der Waals surface area contributed by atoms with Crippen LogP contribution in [0.2, 0.25) is 5.02 Å². The number of ether oxygens (including phenoxy) is 1. The van der Waals surface area contributed by atoms with Gasteiger partial charge < -0.3 is 9.84 Å². The minimum Gasteiger partial charge on any atom is -0.507 e. The van der Waals surface area contributed by atoms with Crippen molar-refractivity contribution in [3.05, 3.63) is 39.9 Å². The molecule has 0 aliphatic heterocycles. The standard InChI is InChI=1S/C14H15ClO4/c1-4-19-14(18)13(17)7-12(16)10-6-11(15)9(3)5-8(10)2/h5-7,16H,4H2,1-3H3. The van der Waals surface area contributed by atoms with Gasteiger partial charge in [0.05, 0.1) is 6.61 Å². The van der Waals surface area contributed by atoms with Crippen LogP contribution in [0.25, 0.3) is 5.76 Å². The second-order valence-electron chi connectivity index (χ2n) is 4.03. The smallest absolute Gasteiger partial charge is 0.379 e. The summed E-state index contributed by atoms with van der Waals surface area (Å²) in [5, 5.41) is 10.4. The summed E-state index contributed by atoms with van der Waals surface area (Å²) in [6.07, 6.45) is 0.839. The van der Waals surface area contributed by atoms with Crippen molar-refractivity contribution >= 4 is 29.1 Å². The van der Waals surface area contributed by atoms with Crippen molar-refractivity contribution in [3.8, 4) is 0 Å². The van der Waals surface area contributed by atoms with Crippen LogP contribution in [0.5, 0.6) is 0 Å². The van der Waals surface area contributed by atoms with Crippen LogP contribution in [0.1, 0.15) is 23.6 Å². The highest BCUT2D eigenvalue weighted by Gasteiger charge is 2.15. The van der Waals surface area contributed by atoms with Crippen molar-refractivity contribution in [1.82, 2.24) is 0 Å². The summed E-state index contributed by atoms with van der Waals surface area (Å²) in [6, 6.07) is 3.34. The van der Waals surface area contributed by atoms with Gasteiger partial charge in [-0.15, -0.1) is 0 Å². The van der Waals surface area contributed by atoms with E-state index in [0.29, 0.717) is 10.6 Å². The molecule has 0 aliphatic carbocycles. The normalized spacial score (nSPS) is 11.3. The number of ketones is 1. The maximum atomic E-state index is 11.4. The zero-order chi connectivity index (χ0) is 14.6. The van der Waals surface area contributed by atoms with Crippen molar-refractivity contribution in [3.63, 3.8) is 0 Å². The summed E-state index contributed by atoms with van der Waals surface area (Å²) in [7, 11) is 0. The van der Waals surface area contributed by atoms with Crippen LogP contribution in [0.15, 0.2) is 18.2 Å². The molecule has 1 rings (SSSR count). The summed E-state index contributed by atoms with van der Waals surface area (Å²) < 4.78 is 4.54. The SMILES string of the molecule is CCOC(=O)C(=O)C=C(O)c1cc(Cl)c(C)cc1C. The van der Waals surface area contributed by atoms with Gasteiger partial charge in [-0.05, 0) is 38.0 Å². The molecule has 5 heteroatoms. The monoisotopic (exact) mass is 282 g/mol. The number of esters is 1. The van der Waals surface area contributed by atoms with Gasteiger partial charge in [-0.3, -0.25) is 4.79 Å². The Hall–Kier alpha value is -1.81. The van der Waals surface area contributed by atoms with Gasteiger partial charge in [-0.2, -0.15) is 0 Å². The van der Waals surface area contributed by atoms with Gasteiger partial charge in [0, 0.05) is 16.7 Å². The van der Waals surface area contributed by atoms with Crippen molar-refractivity contribution in [2.24, 2.45) is 0 Å². The predicted octanol–water partition coefficient (Wildman–Crippen LogP) is 2.99. The molecule has 1 aromatic rings. The number of hydrogen-bond donors (Lipinski definition) is 1. The number of rotatable bonds is 4. The molecule has 1 N–H and O–H groups in total. The molecule has 0 amide bonds. The average molecular weight is 283 g/mol. The van der Waals surface area contributed by atoms with E-state index in [0.717, 1.165) is 17.2 Å². The van der Waals surface area contributed by atoms with Crippen LogP contribution < -0.4 is 0 Å². The van der Waals surface area contributed by atoms with Crippen molar-refractivity contribution < 1.29 is 19.4 Å². The van der Waals surface area contributed by atoms with Gasteiger partial charge in [0.2, 0.25) is 0 Å². The van der Waals surface area contributed by atoms with Crippen molar-refractivity contribution in [1.29, 1.82) is 0 Å². The molecule has 0 spiro atoms. The summed E-state index contributed by atoms with van der Waals surface area (Å²) in [4.78, 5) is 22.6. The minimum absolute atomic E-state index is 0.106. The van der Waals surface area contributed by atoms with E-state index in [1.165, 1.54) is 0 Å². The lowest BCUT2D eigenvalue weighted by Gasteiger charge is -2.08. The van der Waals surface area contributed by atoms with Gasteiger partial charge >= 0.3 is 5.97 Å². The fourth-order valence-electron chi connectivity index (χ4n) is 1.56. The highest BCUT2D eigenvalue weighted by atomic mass is 35.5. The third kappa shape index (κ3) is 3.83. The molecular weight excluding hydrogens is 268 g/mol. The Morgan fingerprint density at radius 2 is 1.95 bits per heavy atom. The largest absolute Gasteiger partial charge is 0.507 e. The van der Waals surface area contributed by atoms with Crippen LogP contribution in [0.3, 0.4) is 0 Å². The Labute approximate surface area is 116 Å². The van der Waals surface area contributed by atoms with Crippen LogP contribution in [-0.4, -0.2) is 23.5 Å². The molecule has 4 nitrogen and oxygen atoms in total. The molecule has 0 saturated carbocycles. The summed E-state index contributed by atoms with van der Waals surface area (Å²) >= 11 is 5.96. The minimum atomic E-state index is -0.995. The first-order valence-corrected chi connectivity index (χ1v) is 6.13. The lowest BCUT2D eigenvalue weighted by Crippen LogP contribution is -2.15. The zero-order valence-electron chi connectivity index (χ0n) is 11.0. The summed E-state index contributed by atoms with van der Waals surface area (Å²) in [5.74, 6) is -2.21. The van der Waals surface area contributed by atoms with Crippen molar-refractivity contribution in [2.45, 2.75) is 20.8 Å². The molecular formula is C14H15ClO4. The fraction of sp³-hybridized carbons (Fsp3) is 0.286. The molecule has 1 aromatic carbocycles. The number of carbonyl (C=O) groups excluding carboxylic acids is 2. The van der Waals surface area contributed by atoms with E-state index in [9.17, 15) is 14.7 Å². The highest BCUT2D eigenvalue weighted by molar-refractivity contribution is 6.39. The second-order valence-corrected chi connectivity index (χ2v) is 4.44. The number of aliphatic hydroxyl groups is 1. The van der Waals surface area contributed by atoms with E-state index < -0.39 is 11.8 Å². The number of halogens is 1. The molecule has 0 saturated heterocycles. The van der Waals surface area contributed by atoms with Crippen LogP contribution in [0, 0.1) is 13.8 Å². The molecule has 19 heavy (non-hydrogen) atoms. The molecule has 0 fully saturated rings. The molecule has 0 aromatic heterocycles. The number of benzene rings is 1. The van der Waals surface area contributed by atoms with Crippen LogP contribution >= 0.6 is 11.6 Å². The predicted molar refractivity (Wildman–Crippen MR) is 73.2 cm³/mol. The highest BCUT2D eigenvalue weighted by Crippen LogP contribution is 2.24. The first-order valence-electron chi connectivity index (χ1n) is 5.75. The van der Waals surface area contributed by atoms with Crippen molar-refractivity contribution in [2.75, 3.05) is 6.61 Å². The lowest BCUT2D eigenvalue weighted by atomic mass is 10.0. The van der Waals surface area contributed by atoms with E-state index in [1.54, 1.807) is 26.0 Å². The summed E-state index contributed by atoms with van der Waals surface area (Å²) in [5.41, 5.74) is 2.04. The molecule has 0 radical (unpaired) electrons. The Balaban J connectivity index is 3.06. The number of aliphatic hydroxyl groups excluding tert-OH is 1.